The summed E-state index contributed by atoms with van der Waals surface area (Å²) in [5.41, 5.74) is 0. The average molecular weight is 226 g/mol. The minimum atomic E-state index is -0.195. The lowest BCUT2D eigenvalue weighted by Crippen LogP contribution is -2.52. The highest BCUT2D eigenvalue weighted by Gasteiger charge is 2.27. The lowest BCUT2D eigenvalue weighted by atomic mass is 10.0. The molecule has 16 heavy (non-hydrogen) atoms. The number of hydrogen-bond donors (Lipinski definition) is 2. The molecule has 1 heterocycles. The number of carbonyl (C=O) groups excluding carboxylic acids is 2. The van der Waals surface area contributed by atoms with E-state index in [1.54, 1.807) is 0 Å². The van der Waals surface area contributed by atoms with Crippen molar-refractivity contribution in [3.05, 3.63) is 0 Å². The Balaban J connectivity index is 2.30. The maximum Gasteiger partial charge on any atom is 0.243 e. The predicted molar refractivity (Wildman–Crippen MR) is 62.8 cm³/mol. The van der Waals surface area contributed by atoms with E-state index in [0.29, 0.717) is 24.8 Å². The van der Waals surface area contributed by atoms with Gasteiger partial charge in [0, 0.05) is 12.5 Å². The highest BCUT2D eigenvalue weighted by Crippen LogP contribution is 2.10. The largest absolute Gasteiger partial charge is 0.303 e. The first-order chi connectivity index (χ1) is 7.49. The van der Waals surface area contributed by atoms with Crippen LogP contribution in [0.1, 0.15) is 46.5 Å². The van der Waals surface area contributed by atoms with Gasteiger partial charge in [-0.1, -0.05) is 13.8 Å². The molecule has 0 spiro atoms. The highest BCUT2D eigenvalue weighted by molar-refractivity contribution is 6.00. The molecule has 2 atom stereocenters. The van der Waals surface area contributed by atoms with Gasteiger partial charge in [-0.15, -0.1) is 0 Å². The van der Waals surface area contributed by atoms with E-state index in [2.05, 4.69) is 31.4 Å². The molecule has 2 N–H and O–H groups in total. The summed E-state index contributed by atoms with van der Waals surface area (Å²) in [6.07, 6.45) is 3.29. The van der Waals surface area contributed by atoms with Crippen molar-refractivity contribution in [2.24, 2.45) is 5.92 Å². The third kappa shape index (κ3) is 4.31. The van der Waals surface area contributed by atoms with Gasteiger partial charge in [0.15, 0.2) is 0 Å². The first-order valence-electron chi connectivity index (χ1n) is 6.08. The summed E-state index contributed by atoms with van der Waals surface area (Å²) in [7, 11) is 0. The molecule has 0 aliphatic carbocycles. The molecule has 1 aliphatic heterocycles. The lowest BCUT2D eigenvalue weighted by Gasteiger charge is -2.25. The van der Waals surface area contributed by atoms with E-state index in [4.69, 9.17) is 0 Å². The maximum absolute atomic E-state index is 11.5. The zero-order valence-corrected chi connectivity index (χ0v) is 10.4. The van der Waals surface area contributed by atoms with E-state index in [1.807, 2.05) is 0 Å². The zero-order chi connectivity index (χ0) is 12.1. The molecule has 0 radical (unpaired) electrons. The predicted octanol–water partition coefficient (Wildman–Crippen LogP) is 1.21. The Morgan fingerprint density at radius 3 is 2.56 bits per heavy atom. The molecule has 1 rings (SSSR count). The van der Waals surface area contributed by atoms with Crippen LogP contribution in [0.2, 0.25) is 0 Å². The minimum Gasteiger partial charge on any atom is -0.303 e. The summed E-state index contributed by atoms with van der Waals surface area (Å²) in [6, 6.07) is 0.131. The van der Waals surface area contributed by atoms with Crippen molar-refractivity contribution in [3.8, 4) is 0 Å². The molecule has 0 aromatic heterocycles. The second kappa shape index (κ2) is 5.99. The summed E-state index contributed by atoms with van der Waals surface area (Å²) < 4.78 is 0. The second-order valence-electron chi connectivity index (χ2n) is 5.04. The molecule has 4 heteroatoms. The SMILES string of the molecule is CC(C)CCC(C)NC1CCC(=O)NC1=O. The van der Waals surface area contributed by atoms with Gasteiger partial charge in [0.05, 0.1) is 6.04 Å². The van der Waals surface area contributed by atoms with E-state index in [0.717, 1.165) is 12.8 Å². The van der Waals surface area contributed by atoms with E-state index in [1.165, 1.54) is 0 Å². The number of piperidine rings is 1. The fraction of sp³-hybridized carbons (Fsp3) is 0.833. The van der Waals surface area contributed by atoms with Gasteiger partial charge in [-0.2, -0.15) is 0 Å². The Hall–Kier alpha value is -0.900. The molecule has 1 fully saturated rings. The standard InChI is InChI=1S/C12H22N2O2/c1-8(2)4-5-9(3)13-10-6-7-11(15)14-12(10)16/h8-10,13H,4-7H2,1-3H3,(H,14,15,16). The van der Waals surface area contributed by atoms with Crippen LogP contribution >= 0.6 is 0 Å². The number of amides is 2. The van der Waals surface area contributed by atoms with Gasteiger partial charge in [-0.3, -0.25) is 14.9 Å². The molecule has 1 aliphatic rings. The molecule has 0 aromatic carbocycles. The smallest absolute Gasteiger partial charge is 0.243 e. The quantitative estimate of drug-likeness (QED) is 0.693. The van der Waals surface area contributed by atoms with E-state index in [9.17, 15) is 9.59 Å². The number of carbonyl (C=O) groups is 2. The van der Waals surface area contributed by atoms with Crippen LogP contribution in [-0.4, -0.2) is 23.9 Å². The van der Waals surface area contributed by atoms with Crippen molar-refractivity contribution in [1.29, 1.82) is 0 Å². The molecule has 0 saturated carbocycles. The van der Waals surface area contributed by atoms with Crippen LogP contribution in [-0.2, 0) is 9.59 Å². The van der Waals surface area contributed by atoms with Crippen molar-refractivity contribution in [1.82, 2.24) is 10.6 Å². The number of imide groups is 1. The first kappa shape index (κ1) is 13.2. The fourth-order valence-electron chi connectivity index (χ4n) is 1.86. The maximum atomic E-state index is 11.5. The number of rotatable bonds is 5. The normalized spacial score (nSPS) is 23.4. The summed E-state index contributed by atoms with van der Waals surface area (Å²) >= 11 is 0. The van der Waals surface area contributed by atoms with Crippen LogP contribution in [0.3, 0.4) is 0 Å². The van der Waals surface area contributed by atoms with Crippen LogP contribution in [0.15, 0.2) is 0 Å². The summed E-state index contributed by atoms with van der Waals surface area (Å²) in [6.45, 7) is 6.48. The fourth-order valence-corrected chi connectivity index (χ4v) is 1.86. The monoisotopic (exact) mass is 226 g/mol. The topological polar surface area (TPSA) is 58.2 Å². The summed E-state index contributed by atoms with van der Waals surface area (Å²) in [5, 5.41) is 5.64. The molecule has 2 amide bonds. The molecular weight excluding hydrogens is 204 g/mol. The van der Waals surface area contributed by atoms with Gasteiger partial charge in [0.25, 0.3) is 0 Å². The molecule has 4 nitrogen and oxygen atoms in total. The Bertz CT molecular complexity index is 264. The van der Waals surface area contributed by atoms with Crippen LogP contribution in [0.4, 0.5) is 0 Å². The molecule has 0 aromatic rings. The molecule has 2 unspecified atom stereocenters. The van der Waals surface area contributed by atoms with Crippen LogP contribution in [0, 0.1) is 5.92 Å². The first-order valence-corrected chi connectivity index (χ1v) is 6.08. The van der Waals surface area contributed by atoms with Crippen molar-refractivity contribution in [2.75, 3.05) is 0 Å². The number of nitrogens with one attached hydrogen (secondary N) is 2. The van der Waals surface area contributed by atoms with Crippen molar-refractivity contribution < 1.29 is 9.59 Å². The van der Waals surface area contributed by atoms with Crippen LogP contribution in [0.5, 0.6) is 0 Å². The Morgan fingerprint density at radius 1 is 1.31 bits per heavy atom. The third-order valence-electron chi connectivity index (χ3n) is 2.90. The molecular formula is C12H22N2O2. The average Bonchev–Trinajstić information content (AvgIpc) is 2.19. The zero-order valence-electron chi connectivity index (χ0n) is 10.4. The summed E-state index contributed by atoms with van der Waals surface area (Å²) in [5.74, 6) is 0.358. The molecule has 1 saturated heterocycles. The van der Waals surface area contributed by atoms with Crippen molar-refractivity contribution in [2.45, 2.75) is 58.5 Å². The van der Waals surface area contributed by atoms with Gasteiger partial charge in [-0.25, -0.2) is 0 Å². The van der Waals surface area contributed by atoms with E-state index < -0.39 is 0 Å². The van der Waals surface area contributed by atoms with Gasteiger partial charge < -0.3 is 5.32 Å². The summed E-state index contributed by atoms with van der Waals surface area (Å²) in [4.78, 5) is 22.4. The van der Waals surface area contributed by atoms with Gasteiger partial charge in [0.1, 0.15) is 0 Å². The second-order valence-corrected chi connectivity index (χ2v) is 5.04. The van der Waals surface area contributed by atoms with Crippen molar-refractivity contribution in [3.63, 3.8) is 0 Å². The van der Waals surface area contributed by atoms with E-state index in [-0.39, 0.29) is 17.9 Å². The lowest BCUT2D eigenvalue weighted by molar-refractivity contribution is -0.134. The van der Waals surface area contributed by atoms with Gasteiger partial charge in [0.2, 0.25) is 11.8 Å². The third-order valence-corrected chi connectivity index (χ3v) is 2.90. The van der Waals surface area contributed by atoms with Crippen molar-refractivity contribution >= 4 is 11.8 Å². The Labute approximate surface area is 97.2 Å². The molecule has 92 valence electrons. The molecule has 0 bridgehead atoms. The van der Waals surface area contributed by atoms with E-state index >= 15 is 0 Å². The highest BCUT2D eigenvalue weighted by atomic mass is 16.2. The Morgan fingerprint density at radius 2 is 2.00 bits per heavy atom. The number of hydrogen-bond acceptors (Lipinski definition) is 3. The van der Waals surface area contributed by atoms with Gasteiger partial charge in [-0.05, 0) is 32.1 Å². The Kier molecular flexibility index (Phi) is 4.93. The van der Waals surface area contributed by atoms with Gasteiger partial charge >= 0.3 is 0 Å². The van der Waals surface area contributed by atoms with Crippen LogP contribution in [0.25, 0.3) is 0 Å². The van der Waals surface area contributed by atoms with Crippen LogP contribution < -0.4 is 10.6 Å². The minimum absolute atomic E-state index is 0.155.